The van der Waals surface area contributed by atoms with Crippen LogP contribution in [0.4, 0.5) is 5.69 Å². The van der Waals surface area contributed by atoms with E-state index >= 15 is 0 Å². The summed E-state index contributed by atoms with van der Waals surface area (Å²) in [5.41, 5.74) is 1.12. The average Bonchev–Trinajstić information content (AvgIpc) is 3.27. The Morgan fingerprint density at radius 3 is 3.00 bits per heavy atom. The summed E-state index contributed by atoms with van der Waals surface area (Å²) in [5.74, 6) is 0.134. The number of aromatic nitrogens is 1. The zero-order valence-electron chi connectivity index (χ0n) is 12.6. The van der Waals surface area contributed by atoms with Gasteiger partial charge in [0.05, 0.1) is 27.8 Å². The molecule has 1 fully saturated rings. The molecule has 1 aliphatic carbocycles. The van der Waals surface area contributed by atoms with Gasteiger partial charge in [0.15, 0.2) is 0 Å². The van der Waals surface area contributed by atoms with Gasteiger partial charge in [-0.15, -0.1) is 11.3 Å². The highest BCUT2D eigenvalue weighted by Crippen LogP contribution is 2.39. The molecule has 114 valence electrons. The fraction of sp³-hybridized carbons (Fsp3) is 0.438. The Morgan fingerprint density at radius 1 is 1.55 bits per heavy atom. The second-order valence-corrected chi connectivity index (χ2v) is 7.14. The molecule has 1 heterocycles. The third-order valence-corrected chi connectivity index (χ3v) is 4.91. The summed E-state index contributed by atoms with van der Waals surface area (Å²) in [6.07, 6.45) is 2.03. The van der Waals surface area contributed by atoms with Gasteiger partial charge in [0, 0.05) is 5.69 Å². The van der Waals surface area contributed by atoms with Gasteiger partial charge < -0.3 is 10.6 Å². The van der Waals surface area contributed by atoms with Crippen LogP contribution in [0, 0.1) is 24.2 Å². The lowest BCUT2D eigenvalue weighted by Gasteiger charge is -2.23. The quantitative estimate of drug-likeness (QED) is 0.889. The highest BCUT2D eigenvalue weighted by atomic mass is 32.1. The molecule has 22 heavy (non-hydrogen) atoms. The van der Waals surface area contributed by atoms with Crippen molar-refractivity contribution in [2.75, 3.05) is 11.9 Å². The summed E-state index contributed by atoms with van der Waals surface area (Å²) in [6, 6.07) is 8.09. The first-order valence-electron chi connectivity index (χ1n) is 7.33. The largest absolute Gasteiger partial charge is 0.376 e. The van der Waals surface area contributed by atoms with Crippen LogP contribution in [-0.2, 0) is 4.79 Å². The minimum Gasteiger partial charge on any atom is -0.376 e. The fourth-order valence-corrected chi connectivity index (χ4v) is 3.41. The predicted octanol–water partition coefficient (Wildman–Crippen LogP) is 2.83. The molecule has 5 nitrogen and oxygen atoms in total. The third-order valence-electron chi connectivity index (χ3n) is 3.97. The van der Waals surface area contributed by atoms with Crippen molar-refractivity contribution < 1.29 is 4.79 Å². The maximum atomic E-state index is 12.1. The van der Waals surface area contributed by atoms with Crippen molar-refractivity contribution in [2.45, 2.75) is 32.2 Å². The molecule has 2 N–H and O–H groups in total. The van der Waals surface area contributed by atoms with E-state index in [9.17, 15) is 10.1 Å². The molecule has 0 spiro atoms. The van der Waals surface area contributed by atoms with Crippen LogP contribution in [0.3, 0.4) is 0 Å². The molecular weight excluding hydrogens is 296 g/mol. The van der Waals surface area contributed by atoms with E-state index in [0.29, 0.717) is 0 Å². The van der Waals surface area contributed by atoms with E-state index in [2.05, 4.69) is 21.7 Å². The smallest absolute Gasteiger partial charge is 0.240 e. The number of aryl methyl sites for hydroxylation is 1. The second kappa shape index (κ2) is 5.58. The Bertz CT molecular complexity index is 759. The van der Waals surface area contributed by atoms with Gasteiger partial charge in [-0.2, -0.15) is 5.26 Å². The zero-order chi connectivity index (χ0) is 15.7. The SMILES string of the molecule is Cc1nc2ccc(NCC(=O)N[C@](C)(C#N)C3CC3)cc2s1. The van der Waals surface area contributed by atoms with Gasteiger partial charge in [0.1, 0.15) is 5.54 Å². The maximum Gasteiger partial charge on any atom is 0.240 e. The van der Waals surface area contributed by atoms with Crippen LogP contribution in [0.25, 0.3) is 10.2 Å². The third kappa shape index (κ3) is 3.04. The number of anilines is 1. The minimum atomic E-state index is -0.739. The van der Waals surface area contributed by atoms with Crippen molar-refractivity contribution in [2.24, 2.45) is 5.92 Å². The zero-order valence-corrected chi connectivity index (χ0v) is 13.5. The number of amides is 1. The molecule has 0 bridgehead atoms. The highest BCUT2D eigenvalue weighted by Gasteiger charge is 2.42. The molecule has 0 unspecified atom stereocenters. The highest BCUT2D eigenvalue weighted by molar-refractivity contribution is 7.18. The number of carbonyl (C=O) groups is 1. The molecule has 1 aliphatic rings. The van der Waals surface area contributed by atoms with Gasteiger partial charge >= 0.3 is 0 Å². The van der Waals surface area contributed by atoms with E-state index in [1.54, 1.807) is 18.3 Å². The summed E-state index contributed by atoms with van der Waals surface area (Å²) in [6.45, 7) is 3.94. The van der Waals surface area contributed by atoms with Crippen LogP contribution in [-0.4, -0.2) is 23.0 Å². The summed E-state index contributed by atoms with van der Waals surface area (Å²) in [7, 11) is 0. The maximum absolute atomic E-state index is 12.1. The van der Waals surface area contributed by atoms with E-state index in [4.69, 9.17) is 0 Å². The van der Waals surface area contributed by atoms with Crippen molar-refractivity contribution in [1.82, 2.24) is 10.3 Å². The number of nitrogens with zero attached hydrogens (tertiary/aromatic N) is 2. The first kappa shape index (κ1) is 14.8. The van der Waals surface area contributed by atoms with E-state index in [1.807, 2.05) is 25.1 Å². The summed E-state index contributed by atoms with van der Waals surface area (Å²) >= 11 is 1.63. The van der Waals surface area contributed by atoms with E-state index in [-0.39, 0.29) is 18.4 Å². The number of thiazole rings is 1. The van der Waals surface area contributed by atoms with Crippen molar-refractivity contribution in [3.63, 3.8) is 0 Å². The van der Waals surface area contributed by atoms with E-state index in [0.717, 1.165) is 33.8 Å². The summed E-state index contributed by atoms with van der Waals surface area (Å²) in [4.78, 5) is 16.5. The Hall–Kier alpha value is -2.13. The molecular formula is C16H18N4OS. The second-order valence-electron chi connectivity index (χ2n) is 5.91. The number of rotatable bonds is 5. The number of hydrogen-bond donors (Lipinski definition) is 2. The molecule has 3 rings (SSSR count). The lowest BCUT2D eigenvalue weighted by atomic mass is 9.98. The number of nitriles is 1. The molecule has 6 heteroatoms. The Morgan fingerprint density at radius 2 is 2.32 bits per heavy atom. The Balaban J connectivity index is 1.61. The summed E-state index contributed by atoms with van der Waals surface area (Å²) in [5, 5.41) is 16.2. The molecule has 2 aromatic rings. The summed E-state index contributed by atoms with van der Waals surface area (Å²) < 4.78 is 1.10. The van der Waals surface area contributed by atoms with Crippen molar-refractivity contribution in [1.29, 1.82) is 5.26 Å². The van der Waals surface area contributed by atoms with Crippen molar-refractivity contribution in [3.05, 3.63) is 23.2 Å². The Kier molecular flexibility index (Phi) is 3.75. The first-order chi connectivity index (χ1) is 10.5. The Labute approximate surface area is 133 Å². The van der Waals surface area contributed by atoms with Gasteiger partial charge in [-0.3, -0.25) is 4.79 Å². The monoisotopic (exact) mass is 314 g/mol. The van der Waals surface area contributed by atoms with Gasteiger partial charge in [0.2, 0.25) is 5.91 Å². The molecule has 1 aromatic carbocycles. The van der Waals surface area contributed by atoms with Gasteiger partial charge in [-0.1, -0.05) is 0 Å². The normalized spacial score (nSPS) is 16.8. The fourth-order valence-electron chi connectivity index (χ4n) is 2.55. The van der Waals surface area contributed by atoms with Crippen LogP contribution in [0.15, 0.2) is 18.2 Å². The van der Waals surface area contributed by atoms with Crippen molar-refractivity contribution in [3.8, 4) is 6.07 Å². The van der Waals surface area contributed by atoms with Crippen LogP contribution in [0.2, 0.25) is 0 Å². The molecule has 0 aliphatic heterocycles. The van der Waals surface area contributed by atoms with Gasteiger partial charge in [-0.05, 0) is 50.8 Å². The molecule has 0 radical (unpaired) electrons. The first-order valence-corrected chi connectivity index (χ1v) is 8.15. The number of benzene rings is 1. The number of fused-ring (bicyclic) bond motifs is 1. The van der Waals surface area contributed by atoms with Gasteiger partial charge in [-0.25, -0.2) is 4.98 Å². The molecule has 1 saturated carbocycles. The molecule has 1 amide bonds. The predicted molar refractivity (Wildman–Crippen MR) is 87.7 cm³/mol. The topological polar surface area (TPSA) is 77.8 Å². The van der Waals surface area contributed by atoms with Crippen LogP contribution >= 0.6 is 11.3 Å². The minimum absolute atomic E-state index is 0.156. The molecule has 0 saturated heterocycles. The van der Waals surface area contributed by atoms with Crippen LogP contribution < -0.4 is 10.6 Å². The lowest BCUT2D eigenvalue weighted by molar-refractivity contribution is -0.120. The molecule has 1 atom stereocenters. The lowest BCUT2D eigenvalue weighted by Crippen LogP contribution is -2.48. The number of hydrogen-bond acceptors (Lipinski definition) is 5. The number of nitrogens with one attached hydrogen (secondary N) is 2. The van der Waals surface area contributed by atoms with Crippen LogP contribution in [0.1, 0.15) is 24.8 Å². The van der Waals surface area contributed by atoms with Crippen molar-refractivity contribution >= 4 is 33.1 Å². The average molecular weight is 314 g/mol. The number of carbonyl (C=O) groups excluding carboxylic acids is 1. The standard InChI is InChI=1S/C16H18N4OS/c1-10-19-13-6-5-12(7-14(13)22-10)18-8-15(21)20-16(2,9-17)11-3-4-11/h5-7,11,18H,3-4,8H2,1-2H3,(H,20,21)/t16-/m1/s1. The van der Waals surface area contributed by atoms with Gasteiger partial charge in [0.25, 0.3) is 0 Å². The van der Waals surface area contributed by atoms with Crippen LogP contribution in [0.5, 0.6) is 0 Å². The molecule has 1 aromatic heterocycles. The van der Waals surface area contributed by atoms with E-state index < -0.39 is 5.54 Å². The van der Waals surface area contributed by atoms with E-state index in [1.165, 1.54) is 0 Å².